The molecule has 1 aromatic heterocycles. The van der Waals surface area contributed by atoms with Gasteiger partial charge in [0.25, 0.3) is 5.69 Å². The number of rotatable bonds is 4. The fourth-order valence-electron chi connectivity index (χ4n) is 1.51. The van der Waals surface area contributed by atoms with Crippen LogP contribution in [-0.2, 0) is 5.33 Å². The van der Waals surface area contributed by atoms with Crippen molar-refractivity contribution in [2.45, 2.75) is 5.33 Å². The molecule has 102 valence electrons. The number of nitro groups is 1. The minimum Gasteiger partial charge on any atom is -0.506 e. The first-order chi connectivity index (χ1) is 9.60. The molecule has 2 aromatic rings. The molecule has 0 aliphatic rings. The van der Waals surface area contributed by atoms with E-state index in [1.165, 1.54) is 24.4 Å². The predicted molar refractivity (Wildman–Crippen MR) is 78.9 cm³/mol. The van der Waals surface area contributed by atoms with Gasteiger partial charge in [-0.05, 0) is 18.2 Å². The number of benzene rings is 1. The number of aromatic nitrogens is 1. The van der Waals surface area contributed by atoms with Crippen molar-refractivity contribution in [1.29, 1.82) is 0 Å². The molecule has 1 N–H and O–H groups in total. The number of aliphatic imine (C=N–C) groups is 1. The Morgan fingerprint density at radius 3 is 2.90 bits per heavy atom. The highest BCUT2D eigenvalue weighted by Gasteiger charge is 2.09. The van der Waals surface area contributed by atoms with E-state index >= 15 is 0 Å². The van der Waals surface area contributed by atoms with Gasteiger partial charge in [0.15, 0.2) is 0 Å². The Morgan fingerprint density at radius 2 is 2.20 bits per heavy atom. The van der Waals surface area contributed by atoms with Gasteiger partial charge in [-0.3, -0.25) is 20.1 Å². The maximum Gasteiger partial charge on any atom is 0.271 e. The summed E-state index contributed by atoms with van der Waals surface area (Å²) in [4.78, 5) is 18.5. The highest BCUT2D eigenvalue weighted by Crippen LogP contribution is 2.30. The molecule has 0 fully saturated rings. The van der Waals surface area contributed by atoms with E-state index in [9.17, 15) is 15.2 Å². The number of hydrogen-bond acceptors (Lipinski definition) is 5. The minimum absolute atomic E-state index is 0.122. The summed E-state index contributed by atoms with van der Waals surface area (Å²) in [5.41, 5.74) is 1.45. The van der Waals surface area contributed by atoms with Crippen LogP contribution in [0.3, 0.4) is 0 Å². The molecule has 1 heterocycles. The number of aromatic hydroxyl groups is 1. The Balaban J connectivity index is 2.30. The van der Waals surface area contributed by atoms with Crippen LogP contribution >= 0.6 is 15.9 Å². The number of non-ortho nitro benzene ring substituents is 1. The Kier molecular flexibility index (Phi) is 4.41. The van der Waals surface area contributed by atoms with Gasteiger partial charge < -0.3 is 5.11 Å². The van der Waals surface area contributed by atoms with Gasteiger partial charge in [0.2, 0.25) is 0 Å². The van der Waals surface area contributed by atoms with E-state index in [2.05, 4.69) is 25.9 Å². The third-order valence-corrected chi connectivity index (χ3v) is 3.05. The number of alkyl halides is 1. The molecular weight excluding hydrogens is 326 g/mol. The van der Waals surface area contributed by atoms with Gasteiger partial charge >= 0.3 is 0 Å². The van der Waals surface area contributed by atoms with Crippen LogP contribution < -0.4 is 0 Å². The maximum atomic E-state index is 10.7. The van der Waals surface area contributed by atoms with Crippen molar-refractivity contribution in [3.8, 4) is 5.75 Å². The summed E-state index contributed by atoms with van der Waals surface area (Å²) >= 11 is 3.30. The van der Waals surface area contributed by atoms with Crippen LogP contribution in [0.15, 0.2) is 41.4 Å². The van der Waals surface area contributed by atoms with Gasteiger partial charge in [-0.25, -0.2) is 0 Å². The molecule has 0 aliphatic heterocycles. The fourth-order valence-corrected chi connectivity index (χ4v) is 1.82. The Labute approximate surface area is 123 Å². The van der Waals surface area contributed by atoms with Gasteiger partial charge in [0.05, 0.1) is 22.5 Å². The van der Waals surface area contributed by atoms with Crippen molar-refractivity contribution in [2.75, 3.05) is 0 Å². The first-order valence-corrected chi connectivity index (χ1v) is 6.75. The monoisotopic (exact) mass is 335 g/mol. The quantitative estimate of drug-likeness (QED) is 0.401. The second-order valence-electron chi connectivity index (χ2n) is 3.88. The van der Waals surface area contributed by atoms with Crippen LogP contribution in [0.25, 0.3) is 0 Å². The van der Waals surface area contributed by atoms with Gasteiger partial charge in [0, 0.05) is 17.5 Å². The number of hydrogen-bond donors (Lipinski definition) is 1. The van der Waals surface area contributed by atoms with Crippen molar-refractivity contribution < 1.29 is 10.0 Å². The number of pyridine rings is 1. The lowest BCUT2D eigenvalue weighted by Crippen LogP contribution is -1.91. The van der Waals surface area contributed by atoms with Crippen molar-refractivity contribution >= 4 is 33.5 Å². The average Bonchev–Trinajstić information content (AvgIpc) is 2.46. The van der Waals surface area contributed by atoms with Crippen LogP contribution in [0.5, 0.6) is 5.75 Å². The van der Waals surface area contributed by atoms with Gasteiger partial charge in [-0.2, -0.15) is 0 Å². The second kappa shape index (κ2) is 6.25. The topological polar surface area (TPSA) is 88.6 Å². The molecule has 0 radical (unpaired) electrons. The Bertz CT molecular complexity index is 674. The molecule has 20 heavy (non-hydrogen) atoms. The van der Waals surface area contributed by atoms with Crippen molar-refractivity contribution in [1.82, 2.24) is 4.98 Å². The molecule has 0 saturated carbocycles. The molecule has 0 aliphatic carbocycles. The summed E-state index contributed by atoms with van der Waals surface area (Å²) in [6.07, 6.45) is 1.45. The third-order valence-electron chi connectivity index (χ3n) is 2.47. The summed E-state index contributed by atoms with van der Waals surface area (Å²) in [6, 6.07) is 9.12. The zero-order valence-corrected chi connectivity index (χ0v) is 11.8. The zero-order valence-electron chi connectivity index (χ0n) is 10.2. The summed E-state index contributed by atoms with van der Waals surface area (Å²) in [5, 5.41) is 20.9. The largest absolute Gasteiger partial charge is 0.506 e. The molecule has 0 amide bonds. The molecule has 0 spiro atoms. The van der Waals surface area contributed by atoms with Crippen LogP contribution in [0, 0.1) is 10.1 Å². The lowest BCUT2D eigenvalue weighted by molar-refractivity contribution is -0.384. The van der Waals surface area contributed by atoms with E-state index in [-0.39, 0.29) is 17.1 Å². The molecular formula is C13H10BrN3O3. The lowest BCUT2D eigenvalue weighted by Gasteiger charge is -1.99. The zero-order chi connectivity index (χ0) is 14.5. The van der Waals surface area contributed by atoms with Crippen LogP contribution in [-0.4, -0.2) is 21.2 Å². The van der Waals surface area contributed by atoms with Gasteiger partial charge in [-0.15, -0.1) is 0 Å². The SMILES string of the molecule is O=[N+]([O-])c1ccc(O)c(N=Cc2cccc(CBr)n2)c1. The van der Waals surface area contributed by atoms with Crippen LogP contribution in [0.2, 0.25) is 0 Å². The van der Waals surface area contributed by atoms with E-state index in [4.69, 9.17) is 0 Å². The maximum absolute atomic E-state index is 10.7. The fraction of sp³-hybridized carbons (Fsp3) is 0.0769. The molecule has 0 unspecified atom stereocenters. The lowest BCUT2D eigenvalue weighted by atomic mass is 10.2. The Hall–Kier alpha value is -2.28. The summed E-state index contributed by atoms with van der Waals surface area (Å²) in [7, 11) is 0. The highest BCUT2D eigenvalue weighted by atomic mass is 79.9. The third kappa shape index (κ3) is 3.39. The highest BCUT2D eigenvalue weighted by molar-refractivity contribution is 9.08. The first-order valence-electron chi connectivity index (χ1n) is 5.63. The number of nitrogens with zero attached hydrogens (tertiary/aromatic N) is 3. The smallest absolute Gasteiger partial charge is 0.271 e. The van der Waals surface area contributed by atoms with E-state index < -0.39 is 4.92 Å². The average molecular weight is 336 g/mol. The van der Waals surface area contributed by atoms with Crippen LogP contribution in [0.1, 0.15) is 11.4 Å². The molecule has 7 heteroatoms. The minimum atomic E-state index is -0.540. The molecule has 0 atom stereocenters. The molecule has 6 nitrogen and oxygen atoms in total. The van der Waals surface area contributed by atoms with E-state index in [0.717, 1.165) is 5.69 Å². The molecule has 0 bridgehead atoms. The first kappa shape index (κ1) is 14.1. The second-order valence-corrected chi connectivity index (χ2v) is 4.44. The van der Waals surface area contributed by atoms with E-state index in [1.807, 2.05) is 12.1 Å². The number of halogens is 1. The summed E-state index contributed by atoms with van der Waals surface area (Å²) in [6.45, 7) is 0. The molecule has 1 aromatic carbocycles. The Morgan fingerprint density at radius 1 is 1.40 bits per heavy atom. The van der Waals surface area contributed by atoms with Gasteiger partial charge in [-0.1, -0.05) is 22.0 Å². The summed E-state index contributed by atoms with van der Waals surface area (Å²) in [5.74, 6) is -0.122. The number of nitro benzene ring substituents is 1. The normalized spacial score (nSPS) is 10.8. The standard InChI is InChI=1S/C13H10BrN3O3/c14-7-9-2-1-3-10(16-9)8-15-12-6-11(17(19)20)4-5-13(12)18/h1-6,8,18H,7H2. The molecule has 2 rings (SSSR count). The number of phenols is 1. The number of phenolic OH excluding ortho intramolecular Hbond substituents is 1. The predicted octanol–water partition coefficient (Wildman–Crippen LogP) is 3.34. The van der Waals surface area contributed by atoms with Crippen molar-refractivity contribution in [3.63, 3.8) is 0 Å². The molecule has 0 saturated heterocycles. The van der Waals surface area contributed by atoms with Crippen LogP contribution in [0.4, 0.5) is 11.4 Å². The van der Waals surface area contributed by atoms with Gasteiger partial charge in [0.1, 0.15) is 11.4 Å². The van der Waals surface area contributed by atoms with E-state index in [1.54, 1.807) is 6.07 Å². The van der Waals surface area contributed by atoms with Crippen molar-refractivity contribution in [3.05, 3.63) is 57.9 Å². The van der Waals surface area contributed by atoms with E-state index in [0.29, 0.717) is 11.0 Å². The van der Waals surface area contributed by atoms with Crippen molar-refractivity contribution in [2.24, 2.45) is 4.99 Å². The summed E-state index contributed by atoms with van der Waals surface area (Å²) < 4.78 is 0.